The van der Waals surface area contributed by atoms with Crippen molar-refractivity contribution in [1.29, 1.82) is 0 Å². The summed E-state index contributed by atoms with van der Waals surface area (Å²) in [7, 11) is 0. The maximum atomic E-state index is 11.0. The van der Waals surface area contributed by atoms with Gasteiger partial charge in [0.2, 0.25) is 0 Å². The van der Waals surface area contributed by atoms with Crippen molar-refractivity contribution in [3.05, 3.63) is 29.3 Å². The second-order valence-electron chi connectivity index (χ2n) is 5.64. The summed E-state index contributed by atoms with van der Waals surface area (Å²) in [6.07, 6.45) is 0.899. The number of carboxylic acids is 1. The minimum Gasteiger partial charge on any atom is -0.487 e. The van der Waals surface area contributed by atoms with Crippen LogP contribution in [0.25, 0.3) is 0 Å². The summed E-state index contributed by atoms with van der Waals surface area (Å²) in [4.78, 5) is 11.0. The Morgan fingerprint density at radius 3 is 3.00 bits per heavy atom. The van der Waals surface area contributed by atoms with Crippen molar-refractivity contribution in [1.82, 2.24) is 5.32 Å². The summed E-state index contributed by atoms with van der Waals surface area (Å²) in [5.41, 5.74) is 2.11. The van der Waals surface area contributed by atoms with Gasteiger partial charge in [-0.15, -0.1) is 11.8 Å². The Balaban J connectivity index is 1.88. The molecule has 102 valence electrons. The lowest BCUT2D eigenvalue weighted by atomic mass is 10.0. The summed E-state index contributed by atoms with van der Waals surface area (Å²) in [5.74, 6) is 0.736. The second kappa shape index (κ2) is 4.42. The molecule has 4 nitrogen and oxygen atoms in total. The number of carbonyl (C=O) groups is 1. The van der Waals surface area contributed by atoms with Gasteiger partial charge in [0.05, 0.1) is 5.37 Å². The van der Waals surface area contributed by atoms with Gasteiger partial charge in [0.1, 0.15) is 17.4 Å². The van der Waals surface area contributed by atoms with Crippen molar-refractivity contribution < 1.29 is 14.6 Å². The molecule has 0 radical (unpaired) electrons. The average Bonchev–Trinajstić information content (AvgIpc) is 2.90. The predicted molar refractivity (Wildman–Crippen MR) is 74.6 cm³/mol. The highest BCUT2D eigenvalue weighted by Gasteiger charge is 2.36. The van der Waals surface area contributed by atoms with Crippen LogP contribution in [0.4, 0.5) is 0 Å². The molecule has 0 bridgehead atoms. The lowest BCUT2D eigenvalue weighted by Gasteiger charge is -2.20. The molecular formula is C14H17NO3S. The molecule has 19 heavy (non-hydrogen) atoms. The zero-order valence-corrected chi connectivity index (χ0v) is 11.8. The number of benzene rings is 1. The summed E-state index contributed by atoms with van der Waals surface area (Å²) in [5, 5.41) is 12.2. The molecule has 2 atom stereocenters. The van der Waals surface area contributed by atoms with E-state index >= 15 is 0 Å². The van der Waals surface area contributed by atoms with Crippen LogP contribution in [0.15, 0.2) is 18.2 Å². The molecule has 2 aliphatic heterocycles. The molecule has 0 spiro atoms. The number of nitrogens with one attached hydrogen (secondary N) is 1. The molecule has 5 heteroatoms. The van der Waals surface area contributed by atoms with Gasteiger partial charge in [-0.2, -0.15) is 0 Å². The van der Waals surface area contributed by atoms with Crippen molar-refractivity contribution in [2.24, 2.45) is 0 Å². The van der Waals surface area contributed by atoms with Crippen LogP contribution in [-0.2, 0) is 11.2 Å². The van der Waals surface area contributed by atoms with E-state index in [0.717, 1.165) is 17.7 Å². The number of aliphatic carboxylic acids is 1. The van der Waals surface area contributed by atoms with Crippen molar-refractivity contribution in [3.8, 4) is 5.75 Å². The third kappa shape index (κ3) is 2.32. The quantitative estimate of drug-likeness (QED) is 0.869. The SMILES string of the molecule is CC1(C)Cc2cccc(C3N[C@H](C(=O)O)CS3)c2O1. The lowest BCUT2D eigenvalue weighted by molar-refractivity contribution is -0.138. The van der Waals surface area contributed by atoms with Gasteiger partial charge in [-0.3, -0.25) is 10.1 Å². The van der Waals surface area contributed by atoms with Crippen LogP contribution in [0.1, 0.15) is 30.3 Å². The number of fused-ring (bicyclic) bond motifs is 1. The Hall–Kier alpha value is -1.20. The van der Waals surface area contributed by atoms with Crippen LogP contribution in [-0.4, -0.2) is 28.5 Å². The second-order valence-corrected chi connectivity index (χ2v) is 6.78. The standard InChI is InChI=1S/C14H17NO3S/c1-14(2)6-8-4-3-5-9(11(8)18-14)12-15-10(7-19-12)13(16)17/h3-5,10,12,15H,6-7H2,1-2H3,(H,16,17)/t10-,12?/m0/s1. The Bertz CT molecular complexity index is 529. The largest absolute Gasteiger partial charge is 0.487 e. The average molecular weight is 279 g/mol. The molecule has 1 saturated heterocycles. The van der Waals surface area contributed by atoms with Crippen LogP contribution < -0.4 is 10.1 Å². The van der Waals surface area contributed by atoms with E-state index in [-0.39, 0.29) is 11.0 Å². The Kier molecular flexibility index (Phi) is 2.98. The molecule has 1 unspecified atom stereocenters. The maximum absolute atomic E-state index is 11.0. The fourth-order valence-corrected chi connectivity index (χ4v) is 3.89. The van der Waals surface area contributed by atoms with Gasteiger partial charge in [0, 0.05) is 17.7 Å². The summed E-state index contributed by atoms with van der Waals surface area (Å²) < 4.78 is 6.03. The van der Waals surface area contributed by atoms with Gasteiger partial charge in [-0.1, -0.05) is 18.2 Å². The molecule has 1 aromatic carbocycles. The highest BCUT2D eigenvalue weighted by molar-refractivity contribution is 7.99. The third-order valence-electron chi connectivity index (χ3n) is 3.48. The first-order valence-electron chi connectivity index (χ1n) is 6.37. The Morgan fingerprint density at radius 2 is 2.32 bits per heavy atom. The van der Waals surface area contributed by atoms with Gasteiger partial charge in [0.25, 0.3) is 0 Å². The van der Waals surface area contributed by atoms with Crippen LogP contribution in [0, 0.1) is 0 Å². The predicted octanol–water partition coefficient (Wildman–Crippen LogP) is 2.19. The van der Waals surface area contributed by atoms with Crippen molar-refractivity contribution in [2.75, 3.05) is 5.75 Å². The van der Waals surface area contributed by atoms with Gasteiger partial charge in [0.15, 0.2) is 0 Å². The fourth-order valence-electron chi connectivity index (χ4n) is 2.64. The van der Waals surface area contributed by atoms with Crippen LogP contribution >= 0.6 is 11.8 Å². The number of rotatable bonds is 2. The van der Waals surface area contributed by atoms with E-state index in [1.165, 1.54) is 5.56 Å². The first kappa shape index (κ1) is 12.8. The van der Waals surface area contributed by atoms with Crippen LogP contribution in [0.5, 0.6) is 5.75 Å². The van der Waals surface area contributed by atoms with Crippen LogP contribution in [0.3, 0.4) is 0 Å². The first-order chi connectivity index (χ1) is 8.96. The van der Waals surface area contributed by atoms with E-state index < -0.39 is 12.0 Å². The minimum absolute atomic E-state index is 0.00458. The zero-order chi connectivity index (χ0) is 13.6. The highest BCUT2D eigenvalue weighted by Crippen LogP contribution is 2.44. The minimum atomic E-state index is -0.788. The van der Waals surface area contributed by atoms with E-state index in [1.54, 1.807) is 11.8 Å². The molecule has 3 rings (SSSR count). The summed E-state index contributed by atoms with van der Waals surface area (Å²) in [6, 6.07) is 5.66. The number of hydrogen-bond donors (Lipinski definition) is 2. The molecule has 1 fully saturated rings. The topological polar surface area (TPSA) is 58.6 Å². The highest BCUT2D eigenvalue weighted by atomic mass is 32.2. The number of ether oxygens (including phenoxy) is 1. The van der Waals surface area contributed by atoms with Gasteiger partial charge in [-0.05, 0) is 19.4 Å². The normalized spacial score (nSPS) is 27.9. The number of thioether (sulfide) groups is 1. The van der Waals surface area contributed by atoms with Crippen molar-refractivity contribution in [3.63, 3.8) is 0 Å². The van der Waals surface area contributed by atoms with Gasteiger partial charge >= 0.3 is 5.97 Å². The fraction of sp³-hybridized carbons (Fsp3) is 0.500. The van der Waals surface area contributed by atoms with E-state index in [4.69, 9.17) is 9.84 Å². The van der Waals surface area contributed by atoms with E-state index in [9.17, 15) is 4.79 Å². The zero-order valence-electron chi connectivity index (χ0n) is 11.0. The van der Waals surface area contributed by atoms with E-state index in [1.807, 2.05) is 12.1 Å². The van der Waals surface area contributed by atoms with Gasteiger partial charge < -0.3 is 9.84 Å². The first-order valence-corrected chi connectivity index (χ1v) is 7.42. The maximum Gasteiger partial charge on any atom is 0.321 e. The lowest BCUT2D eigenvalue weighted by Crippen LogP contribution is -2.33. The molecule has 2 heterocycles. The van der Waals surface area contributed by atoms with E-state index in [2.05, 4.69) is 25.2 Å². The molecular weight excluding hydrogens is 262 g/mol. The third-order valence-corrected chi connectivity index (χ3v) is 4.73. The summed E-state index contributed by atoms with van der Waals surface area (Å²) >= 11 is 1.63. The molecule has 1 aromatic rings. The molecule has 0 aliphatic carbocycles. The molecule has 0 aromatic heterocycles. The smallest absolute Gasteiger partial charge is 0.321 e. The van der Waals surface area contributed by atoms with Crippen molar-refractivity contribution >= 4 is 17.7 Å². The number of hydrogen-bond acceptors (Lipinski definition) is 4. The number of para-hydroxylation sites is 1. The summed E-state index contributed by atoms with van der Waals surface area (Å²) in [6.45, 7) is 4.15. The monoisotopic (exact) mass is 279 g/mol. The molecule has 2 N–H and O–H groups in total. The molecule has 2 aliphatic rings. The molecule has 0 amide bonds. The van der Waals surface area contributed by atoms with Gasteiger partial charge in [-0.25, -0.2) is 0 Å². The Labute approximate surface area is 116 Å². The Morgan fingerprint density at radius 1 is 1.53 bits per heavy atom. The van der Waals surface area contributed by atoms with E-state index in [0.29, 0.717) is 5.75 Å². The molecule has 0 saturated carbocycles. The number of carboxylic acid groups (broad SMARTS) is 1. The van der Waals surface area contributed by atoms with Crippen molar-refractivity contribution in [2.45, 2.75) is 37.3 Å². The van der Waals surface area contributed by atoms with Crippen LogP contribution in [0.2, 0.25) is 0 Å².